The Hall–Kier alpha value is -2.52. The zero-order chi connectivity index (χ0) is 18.2. The molecule has 1 aliphatic rings. The molecule has 0 saturated carbocycles. The molecule has 7 nitrogen and oxygen atoms in total. The van der Waals surface area contributed by atoms with Gasteiger partial charge in [0.05, 0.1) is 5.69 Å². The molecule has 0 unspecified atom stereocenters. The van der Waals surface area contributed by atoms with Gasteiger partial charge < -0.3 is 0 Å². The smallest absolute Gasteiger partial charge is 0.273 e. The maximum atomic E-state index is 12.3. The maximum absolute atomic E-state index is 12.3. The van der Waals surface area contributed by atoms with E-state index in [1.54, 1.807) is 13.0 Å². The predicted molar refractivity (Wildman–Crippen MR) is 91.9 cm³/mol. The Kier molecular flexibility index (Phi) is 4.44. The summed E-state index contributed by atoms with van der Waals surface area (Å²) in [5.41, 5.74) is 0.298. The lowest BCUT2D eigenvalue weighted by atomic mass is 10.2. The molecule has 1 aliphatic heterocycles. The molecule has 1 fully saturated rings. The quantitative estimate of drug-likeness (QED) is 0.818. The van der Waals surface area contributed by atoms with Crippen molar-refractivity contribution in [3.05, 3.63) is 46.8 Å². The maximum Gasteiger partial charge on any atom is 0.273 e. The molecule has 2 aromatic rings. The molecule has 1 saturated heterocycles. The molecule has 9 heteroatoms. The van der Waals surface area contributed by atoms with Crippen molar-refractivity contribution < 1.29 is 22.8 Å². The minimum absolute atomic E-state index is 0.0411. The van der Waals surface area contributed by atoms with Crippen molar-refractivity contribution in [2.75, 3.05) is 4.90 Å². The zero-order valence-corrected chi connectivity index (χ0v) is 14.8. The van der Waals surface area contributed by atoms with Gasteiger partial charge in [-0.15, -0.1) is 11.3 Å². The molecule has 0 spiro atoms. The number of anilines is 1. The van der Waals surface area contributed by atoms with Crippen molar-refractivity contribution in [1.82, 2.24) is 4.72 Å². The van der Waals surface area contributed by atoms with Crippen molar-refractivity contribution in [3.8, 4) is 0 Å². The Bertz CT molecular complexity index is 962. The summed E-state index contributed by atoms with van der Waals surface area (Å²) in [6.07, 6.45) is 0.253. The van der Waals surface area contributed by atoms with Crippen LogP contribution < -0.4 is 9.62 Å². The van der Waals surface area contributed by atoms with E-state index in [4.69, 9.17) is 0 Å². The predicted octanol–water partition coefficient (Wildman–Crippen LogP) is 1.83. The fourth-order valence-corrected chi connectivity index (χ4v) is 4.70. The highest BCUT2D eigenvalue weighted by molar-refractivity contribution is 7.92. The Morgan fingerprint density at radius 2 is 1.80 bits per heavy atom. The number of carbonyl (C=O) groups excluding carboxylic acids is 3. The van der Waals surface area contributed by atoms with Crippen LogP contribution in [0.3, 0.4) is 0 Å². The topological polar surface area (TPSA) is 101 Å². The van der Waals surface area contributed by atoms with Crippen LogP contribution in [0.2, 0.25) is 0 Å². The molecule has 2 heterocycles. The molecule has 0 radical (unpaired) electrons. The van der Waals surface area contributed by atoms with Gasteiger partial charge in [0, 0.05) is 23.3 Å². The molecule has 1 aromatic heterocycles. The largest absolute Gasteiger partial charge is 0.274 e. The number of nitrogens with one attached hydrogen (secondary N) is 1. The first-order valence-corrected chi connectivity index (χ1v) is 9.67. The monoisotopic (exact) mass is 378 g/mol. The van der Waals surface area contributed by atoms with E-state index in [1.165, 1.54) is 30.3 Å². The fourth-order valence-electron chi connectivity index (χ4n) is 2.44. The molecule has 0 atom stereocenters. The third-order valence-electron chi connectivity index (χ3n) is 3.63. The Balaban J connectivity index is 1.85. The number of rotatable bonds is 4. The van der Waals surface area contributed by atoms with Gasteiger partial charge in [-0.25, -0.2) is 13.1 Å². The van der Waals surface area contributed by atoms with Gasteiger partial charge in [-0.2, -0.15) is 0 Å². The lowest BCUT2D eigenvalue weighted by Gasteiger charge is -2.14. The second kappa shape index (κ2) is 6.41. The minimum atomic E-state index is -3.97. The van der Waals surface area contributed by atoms with Gasteiger partial charge in [0.2, 0.25) is 11.8 Å². The fraction of sp³-hybridized carbons (Fsp3) is 0.188. The highest BCUT2D eigenvalue weighted by Crippen LogP contribution is 2.24. The molecule has 1 N–H and O–H groups in total. The first-order chi connectivity index (χ1) is 11.8. The average Bonchev–Trinajstić information content (AvgIpc) is 3.13. The average molecular weight is 378 g/mol. The molecule has 3 amide bonds. The molecule has 0 bridgehead atoms. The highest BCUT2D eigenvalue weighted by atomic mass is 32.2. The Labute approximate surface area is 148 Å². The summed E-state index contributed by atoms with van der Waals surface area (Å²) in [6.45, 7) is 1.76. The van der Waals surface area contributed by atoms with E-state index < -0.39 is 15.9 Å². The molecular formula is C16H14N2O5S2. The summed E-state index contributed by atoms with van der Waals surface area (Å²) < 4.78 is 26.5. The van der Waals surface area contributed by atoms with E-state index in [-0.39, 0.29) is 40.1 Å². The Morgan fingerprint density at radius 1 is 1.12 bits per heavy atom. The van der Waals surface area contributed by atoms with Gasteiger partial charge in [0.25, 0.3) is 15.9 Å². The molecule has 3 rings (SSSR count). The molecule has 25 heavy (non-hydrogen) atoms. The number of carbonyl (C=O) groups is 3. The summed E-state index contributed by atoms with van der Waals surface area (Å²) in [6, 6.07) is 8.83. The van der Waals surface area contributed by atoms with E-state index in [1.807, 2.05) is 4.72 Å². The summed E-state index contributed by atoms with van der Waals surface area (Å²) >= 11 is 1.06. The number of aryl methyl sites for hydroxylation is 1. The number of hydrogen-bond acceptors (Lipinski definition) is 6. The molecular weight excluding hydrogens is 364 g/mol. The van der Waals surface area contributed by atoms with Gasteiger partial charge in [-0.05, 0) is 37.3 Å². The first-order valence-electron chi connectivity index (χ1n) is 7.37. The summed E-state index contributed by atoms with van der Waals surface area (Å²) in [5, 5.41) is 0. The molecule has 130 valence electrons. The van der Waals surface area contributed by atoms with E-state index in [2.05, 4.69) is 0 Å². The van der Waals surface area contributed by atoms with E-state index in [9.17, 15) is 22.8 Å². The number of hydrogen-bond donors (Lipinski definition) is 1. The van der Waals surface area contributed by atoms with Gasteiger partial charge in [0.15, 0.2) is 0 Å². The van der Waals surface area contributed by atoms with E-state index >= 15 is 0 Å². The van der Waals surface area contributed by atoms with Crippen molar-refractivity contribution in [3.63, 3.8) is 0 Å². The summed E-state index contributed by atoms with van der Waals surface area (Å²) in [5.74, 6) is -1.51. The Morgan fingerprint density at radius 3 is 2.40 bits per heavy atom. The molecule has 1 aromatic carbocycles. The summed E-state index contributed by atoms with van der Waals surface area (Å²) in [4.78, 5) is 37.7. The van der Waals surface area contributed by atoms with Crippen molar-refractivity contribution in [1.29, 1.82) is 0 Å². The van der Waals surface area contributed by atoms with Crippen LogP contribution in [0.15, 0.2) is 40.6 Å². The molecule has 0 aliphatic carbocycles. The lowest BCUT2D eigenvalue weighted by Crippen LogP contribution is -2.31. The van der Waals surface area contributed by atoms with E-state index in [0.717, 1.165) is 21.1 Å². The normalized spacial score (nSPS) is 14.8. The van der Waals surface area contributed by atoms with Crippen LogP contribution in [0.5, 0.6) is 0 Å². The summed E-state index contributed by atoms with van der Waals surface area (Å²) in [7, 11) is -3.97. The van der Waals surface area contributed by atoms with Gasteiger partial charge in [0.1, 0.15) is 4.21 Å². The number of amides is 3. The standard InChI is InChI=1S/C16H14N2O5S2/c1-10-5-8-15(24-10)25(22,23)17-16(21)11-3-2-4-12(9-11)18-13(19)6-7-14(18)20/h2-5,8-9H,6-7H2,1H3,(H,17,21). The number of benzene rings is 1. The van der Waals surface area contributed by atoms with Gasteiger partial charge in [-0.1, -0.05) is 6.07 Å². The van der Waals surface area contributed by atoms with E-state index in [0.29, 0.717) is 0 Å². The van der Waals surface area contributed by atoms with Crippen molar-refractivity contribution in [2.24, 2.45) is 0 Å². The minimum Gasteiger partial charge on any atom is -0.274 e. The van der Waals surface area contributed by atoms with Crippen LogP contribution in [0.25, 0.3) is 0 Å². The SMILES string of the molecule is Cc1ccc(S(=O)(=O)NC(=O)c2cccc(N3C(=O)CCC3=O)c2)s1. The zero-order valence-electron chi connectivity index (χ0n) is 13.2. The number of sulfonamides is 1. The second-order valence-electron chi connectivity index (χ2n) is 5.47. The lowest BCUT2D eigenvalue weighted by molar-refractivity contribution is -0.121. The van der Waals surface area contributed by atoms with Gasteiger partial charge in [-0.3, -0.25) is 19.3 Å². The van der Waals surface area contributed by atoms with Crippen LogP contribution in [0, 0.1) is 6.92 Å². The van der Waals surface area contributed by atoms with Crippen LogP contribution >= 0.6 is 11.3 Å². The van der Waals surface area contributed by atoms with Crippen LogP contribution in [-0.4, -0.2) is 26.1 Å². The van der Waals surface area contributed by atoms with Crippen LogP contribution in [0.1, 0.15) is 28.1 Å². The number of nitrogens with zero attached hydrogens (tertiary/aromatic N) is 1. The second-order valence-corrected chi connectivity index (χ2v) is 8.67. The highest BCUT2D eigenvalue weighted by Gasteiger charge is 2.30. The third kappa shape index (κ3) is 3.47. The van der Waals surface area contributed by atoms with Crippen LogP contribution in [-0.2, 0) is 19.6 Å². The van der Waals surface area contributed by atoms with Crippen molar-refractivity contribution in [2.45, 2.75) is 24.0 Å². The third-order valence-corrected chi connectivity index (χ3v) is 6.45. The number of imide groups is 1. The first kappa shape index (κ1) is 17.3. The van der Waals surface area contributed by atoms with Crippen LogP contribution in [0.4, 0.5) is 5.69 Å². The number of thiophene rings is 1. The van der Waals surface area contributed by atoms with Crippen molar-refractivity contribution >= 4 is 44.8 Å². The van der Waals surface area contributed by atoms with Gasteiger partial charge >= 0.3 is 0 Å².